The monoisotopic (exact) mass is 326 g/mol. The van der Waals surface area contributed by atoms with Crippen molar-refractivity contribution in [3.63, 3.8) is 0 Å². The van der Waals surface area contributed by atoms with E-state index in [0.717, 1.165) is 12.1 Å². The Bertz CT molecular complexity index is 881. The summed E-state index contributed by atoms with van der Waals surface area (Å²) in [6.07, 6.45) is 0. The highest BCUT2D eigenvalue weighted by Gasteiger charge is 2.16. The molecule has 21 heavy (non-hydrogen) atoms. The molecule has 0 aliphatic heterocycles. The zero-order chi connectivity index (χ0) is 15.1. The number of H-pyrrole nitrogens is 1. The molecule has 0 saturated carbocycles. The van der Waals surface area contributed by atoms with E-state index in [9.17, 15) is 8.78 Å². The van der Waals surface area contributed by atoms with E-state index in [4.69, 9.17) is 28.6 Å². The molecule has 0 aliphatic carbocycles. The molecule has 0 fully saturated rings. The molecule has 3 rings (SSSR count). The van der Waals surface area contributed by atoms with Crippen LogP contribution in [0.1, 0.15) is 0 Å². The number of rotatable bonds is 2. The minimum absolute atomic E-state index is 0.00238. The summed E-state index contributed by atoms with van der Waals surface area (Å²) >= 11 is 11.2. The first-order valence-electron chi connectivity index (χ1n) is 5.95. The van der Waals surface area contributed by atoms with Crippen molar-refractivity contribution in [2.45, 2.75) is 0 Å². The molecule has 1 N–H and O–H groups in total. The van der Waals surface area contributed by atoms with Crippen LogP contribution < -0.4 is 4.74 Å². The fourth-order valence-electron chi connectivity index (χ4n) is 2.18. The van der Waals surface area contributed by atoms with Gasteiger partial charge in [0.25, 0.3) is 0 Å². The third kappa shape index (κ3) is 2.30. The molecule has 7 heteroatoms. The lowest BCUT2D eigenvalue weighted by molar-refractivity contribution is 0.415. The molecule has 108 valence electrons. The molecule has 0 aliphatic rings. The van der Waals surface area contributed by atoms with Crippen molar-refractivity contribution in [1.29, 1.82) is 0 Å². The number of hydrogen-bond donors (Lipinski definition) is 1. The molecule has 1 aromatic heterocycles. The summed E-state index contributed by atoms with van der Waals surface area (Å²) in [5.74, 6) is -0.950. The fraction of sp³-hybridized carbons (Fsp3) is 0.0714. The van der Waals surface area contributed by atoms with Gasteiger partial charge in [-0.05, 0) is 30.4 Å². The van der Waals surface area contributed by atoms with Gasteiger partial charge in [0.1, 0.15) is 17.3 Å². The topological polar surface area (TPSA) is 29.9 Å². The maximum absolute atomic E-state index is 14.1. The molecule has 1 heterocycles. The summed E-state index contributed by atoms with van der Waals surface area (Å²) < 4.78 is 34.2. The van der Waals surface area contributed by atoms with Crippen molar-refractivity contribution in [3.8, 4) is 11.4 Å². The Labute approximate surface area is 128 Å². The molecule has 0 spiro atoms. The van der Waals surface area contributed by atoms with E-state index in [1.807, 2.05) is 0 Å². The van der Waals surface area contributed by atoms with Gasteiger partial charge in [-0.15, -0.1) is 0 Å². The van der Waals surface area contributed by atoms with Crippen molar-refractivity contribution >= 4 is 34.9 Å². The summed E-state index contributed by atoms with van der Waals surface area (Å²) in [4.78, 5) is 2.95. The second-order valence-electron chi connectivity index (χ2n) is 4.37. The Morgan fingerprint density at radius 1 is 1.24 bits per heavy atom. The molecule has 3 nitrogen and oxygen atoms in total. The number of halogens is 3. The van der Waals surface area contributed by atoms with E-state index in [-0.39, 0.29) is 15.5 Å². The lowest BCUT2D eigenvalue weighted by Crippen LogP contribution is -2.00. The van der Waals surface area contributed by atoms with Gasteiger partial charge in [0, 0.05) is 12.1 Å². The third-order valence-electron chi connectivity index (χ3n) is 3.10. The number of fused-ring (bicyclic) bond motifs is 1. The Morgan fingerprint density at radius 2 is 2.00 bits per heavy atom. The first-order chi connectivity index (χ1) is 10.0. The highest BCUT2D eigenvalue weighted by molar-refractivity contribution is 7.71. The van der Waals surface area contributed by atoms with Gasteiger partial charge in [-0.25, -0.2) is 8.78 Å². The van der Waals surface area contributed by atoms with Gasteiger partial charge in [-0.1, -0.05) is 11.6 Å². The lowest BCUT2D eigenvalue weighted by Gasteiger charge is -2.09. The Kier molecular flexibility index (Phi) is 3.43. The van der Waals surface area contributed by atoms with Crippen molar-refractivity contribution in [2.24, 2.45) is 0 Å². The molecule has 0 atom stereocenters. The predicted octanol–water partition coefficient (Wildman–Crippen LogP) is 4.63. The van der Waals surface area contributed by atoms with Crippen LogP contribution in [0.25, 0.3) is 16.7 Å². The van der Waals surface area contributed by atoms with Crippen molar-refractivity contribution in [2.75, 3.05) is 7.11 Å². The van der Waals surface area contributed by atoms with Gasteiger partial charge >= 0.3 is 0 Å². The highest BCUT2D eigenvalue weighted by Crippen LogP contribution is 2.30. The number of nitrogens with zero attached hydrogens (tertiary/aromatic N) is 1. The zero-order valence-electron chi connectivity index (χ0n) is 10.8. The highest BCUT2D eigenvalue weighted by atomic mass is 35.5. The average molecular weight is 327 g/mol. The summed E-state index contributed by atoms with van der Waals surface area (Å²) in [5.41, 5.74) is 1.29. The standard InChI is InChI=1S/C14H9ClF2N2OS/c1-20-8-2-3-11-12(6-8)19(14(21)18-11)13-9(15)4-7(16)5-10(13)17/h2-6H,1H3,(H,18,21). The zero-order valence-corrected chi connectivity index (χ0v) is 12.4. The number of methoxy groups -OCH3 is 1. The number of hydrogen-bond acceptors (Lipinski definition) is 2. The van der Waals surface area contributed by atoms with E-state index in [1.54, 1.807) is 18.2 Å². The van der Waals surface area contributed by atoms with Crippen LogP contribution >= 0.6 is 23.8 Å². The number of aromatic nitrogens is 2. The van der Waals surface area contributed by atoms with Gasteiger partial charge in [-0.2, -0.15) is 0 Å². The second kappa shape index (κ2) is 5.13. The van der Waals surface area contributed by atoms with Crippen LogP contribution in [0, 0.1) is 16.4 Å². The van der Waals surface area contributed by atoms with E-state index in [0.29, 0.717) is 16.8 Å². The number of imidazole rings is 1. The first-order valence-corrected chi connectivity index (χ1v) is 6.73. The van der Waals surface area contributed by atoms with E-state index >= 15 is 0 Å². The van der Waals surface area contributed by atoms with Gasteiger partial charge in [-0.3, -0.25) is 4.57 Å². The van der Waals surface area contributed by atoms with Gasteiger partial charge in [0.05, 0.1) is 23.2 Å². The van der Waals surface area contributed by atoms with Crippen LogP contribution in [0.5, 0.6) is 5.75 Å². The SMILES string of the molecule is COc1ccc2[nH]c(=S)n(-c3c(F)cc(F)cc3Cl)c2c1. The Balaban J connectivity index is 2.40. The first kappa shape index (κ1) is 14.0. The molecule has 0 bridgehead atoms. The maximum atomic E-state index is 14.1. The molecule has 2 aromatic carbocycles. The quantitative estimate of drug-likeness (QED) is 0.696. The fourth-order valence-corrected chi connectivity index (χ4v) is 2.76. The number of ether oxygens (including phenoxy) is 1. The van der Waals surface area contributed by atoms with Gasteiger partial charge in [0.15, 0.2) is 10.6 Å². The van der Waals surface area contributed by atoms with E-state index < -0.39 is 11.6 Å². The van der Waals surface area contributed by atoms with Crippen LogP contribution in [0.3, 0.4) is 0 Å². The van der Waals surface area contributed by atoms with Crippen LogP contribution in [0.4, 0.5) is 8.78 Å². The smallest absolute Gasteiger partial charge is 0.182 e. The molecular formula is C14H9ClF2N2OS. The summed E-state index contributed by atoms with van der Waals surface area (Å²) in [6, 6.07) is 7.01. The van der Waals surface area contributed by atoms with Crippen LogP contribution in [0.2, 0.25) is 5.02 Å². The molecule has 0 radical (unpaired) electrons. The summed E-state index contributed by atoms with van der Waals surface area (Å²) in [7, 11) is 1.53. The molecule has 0 unspecified atom stereocenters. The van der Waals surface area contributed by atoms with E-state index in [1.165, 1.54) is 11.7 Å². The van der Waals surface area contributed by atoms with Crippen molar-refractivity contribution in [3.05, 3.63) is 51.8 Å². The second-order valence-corrected chi connectivity index (χ2v) is 5.16. The predicted molar refractivity (Wildman–Crippen MR) is 79.9 cm³/mol. The number of benzene rings is 2. The summed E-state index contributed by atoms with van der Waals surface area (Å²) in [6.45, 7) is 0. The molecule has 3 aromatic rings. The van der Waals surface area contributed by atoms with Crippen molar-refractivity contribution < 1.29 is 13.5 Å². The lowest BCUT2D eigenvalue weighted by atomic mass is 10.2. The third-order valence-corrected chi connectivity index (χ3v) is 3.67. The van der Waals surface area contributed by atoms with Crippen LogP contribution in [-0.2, 0) is 0 Å². The largest absolute Gasteiger partial charge is 0.497 e. The van der Waals surface area contributed by atoms with Gasteiger partial charge < -0.3 is 9.72 Å². The Morgan fingerprint density at radius 3 is 2.67 bits per heavy atom. The van der Waals surface area contributed by atoms with Gasteiger partial charge in [0.2, 0.25) is 0 Å². The van der Waals surface area contributed by atoms with E-state index in [2.05, 4.69) is 4.98 Å². The normalized spacial score (nSPS) is 11.0. The summed E-state index contributed by atoms with van der Waals surface area (Å²) in [5, 5.41) is -0.0627. The minimum Gasteiger partial charge on any atom is -0.497 e. The number of nitrogens with one attached hydrogen (secondary N) is 1. The Hall–Kier alpha value is -1.92. The number of aromatic amines is 1. The molecule has 0 saturated heterocycles. The van der Waals surface area contributed by atoms with Crippen molar-refractivity contribution in [1.82, 2.24) is 9.55 Å². The molecular weight excluding hydrogens is 318 g/mol. The average Bonchev–Trinajstić information content (AvgIpc) is 2.73. The van der Waals surface area contributed by atoms with Crippen LogP contribution in [-0.4, -0.2) is 16.7 Å². The minimum atomic E-state index is -0.792. The maximum Gasteiger partial charge on any atom is 0.182 e. The molecule has 0 amide bonds. The van der Waals surface area contributed by atoms with Crippen LogP contribution in [0.15, 0.2) is 30.3 Å².